The van der Waals surface area contributed by atoms with Gasteiger partial charge in [0.15, 0.2) is 0 Å². The highest BCUT2D eigenvalue weighted by Gasteiger charge is 2.32. The number of hydrogen-bond acceptors (Lipinski definition) is 8. The van der Waals surface area contributed by atoms with Crippen LogP contribution in [0, 0.1) is 5.92 Å². The van der Waals surface area contributed by atoms with E-state index >= 15 is 0 Å². The molecule has 4 heterocycles. The second kappa shape index (κ2) is 8.58. The van der Waals surface area contributed by atoms with E-state index < -0.39 is 0 Å². The van der Waals surface area contributed by atoms with Gasteiger partial charge in [-0.2, -0.15) is 5.10 Å². The molecule has 6 rings (SSSR count). The minimum absolute atomic E-state index is 0.0688. The van der Waals surface area contributed by atoms with E-state index in [1.54, 1.807) is 29.6 Å². The van der Waals surface area contributed by atoms with Crippen LogP contribution in [-0.2, 0) is 17.6 Å². The summed E-state index contributed by atoms with van der Waals surface area (Å²) in [5.41, 5.74) is 3.28. The van der Waals surface area contributed by atoms with Crippen LogP contribution in [0.1, 0.15) is 16.9 Å². The van der Waals surface area contributed by atoms with Crippen LogP contribution < -0.4 is 5.32 Å². The highest BCUT2D eigenvalue weighted by atomic mass is 32.2. The highest BCUT2D eigenvalue weighted by Crippen LogP contribution is 2.41. The van der Waals surface area contributed by atoms with Crippen molar-refractivity contribution in [2.24, 2.45) is 5.92 Å². The zero-order valence-electron chi connectivity index (χ0n) is 18.4. The molecule has 33 heavy (non-hydrogen) atoms. The van der Waals surface area contributed by atoms with Crippen molar-refractivity contribution in [1.29, 1.82) is 0 Å². The molecule has 2 aliphatic rings. The van der Waals surface area contributed by atoms with E-state index in [0.29, 0.717) is 5.91 Å². The fraction of sp³-hybridized carbons (Fsp3) is 0.391. The average molecular weight is 480 g/mol. The van der Waals surface area contributed by atoms with Crippen molar-refractivity contribution in [2.75, 3.05) is 37.8 Å². The van der Waals surface area contributed by atoms with Gasteiger partial charge < -0.3 is 10.2 Å². The van der Waals surface area contributed by atoms with E-state index in [1.165, 1.54) is 10.4 Å². The van der Waals surface area contributed by atoms with E-state index in [9.17, 15) is 4.79 Å². The molecule has 170 valence electrons. The number of rotatable bonds is 4. The summed E-state index contributed by atoms with van der Waals surface area (Å²) in [5.74, 6) is 1.22. The Morgan fingerprint density at radius 3 is 2.97 bits per heavy atom. The van der Waals surface area contributed by atoms with Crippen LogP contribution in [0.2, 0.25) is 0 Å². The second-order valence-corrected chi connectivity index (χ2v) is 10.5. The Labute approximate surface area is 199 Å². The monoisotopic (exact) mass is 479 g/mol. The lowest BCUT2D eigenvalue weighted by Crippen LogP contribution is -2.48. The van der Waals surface area contributed by atoms with Crippen molar-refractivity contribution >= 4 is 61.8 Å². The molecule has 1 atom stereocenters. The van der Waals surface area contributed by atoms with E-state index in [2.05, 4.69) is 47.0 Å². The van der Waals surface area contributed by atoms with E-state index in [0.717, 1.165) is 78.1 Å². The highest BCUT2D eigenvalue weighted by molar-refractivity contribution is 7.96. The zero-order chi connectivity index (χ0) is 22.4. The van der Waals surface area contributed by atoms with Gasteiger partial charge in [-0.1, -0.05) is 11.9 Å². The summed E-state index contributed by atoms with van der Waals surface area (Å²) < 4.78 is 2.33. The van der Waals surface area contributed by atoms with Crippen LogP contribution in [0.4, 0.5) is 11.5 Å². The van der Waals surface area contributed by atoms with Gasteiger partial charge in [0.05, 0.1) is 17.1 Å². The number of anilines is 2. The van der Waals surface area contributed by atoms with Gasteiger partial charge in [0, 0.05) is 48.0 Å². The summed E-state index contributed by atoms with van der Waals surface area (Å²) in [4.78, 5) is 26.7. The number of H-pyrrole nitrogens is 1. The Kier molecular flexibility index (Phi) is 5.43. The molecule has 10 heteroatoms. The second-order valence-electron chi connectivity index (χ2n) is 8.58. The molecule has 0 bridgehead atoms. The molecule has 1 aromatic carbocycles. The molecule has 8 nitrogen and oxygen atoms in total. The third-order valence-electron chi connectivity index (χ3n) is 6.71. The maximum atomic E-state index is 13.2. The van der Waals surface area contributed by atoms with Gasteiger partial charge in [-0.05, 0) is 49.3 Å². The van der Waals surface area contributed by atoms with E-state index in [-0.39, 0.29) is 5.92 Å². The summed E-state index contributed by atoms with van der Waals surface area (Å²) in [7, 11) is 0. The minimum Gasteiger partial charge on any atom is -0.340 e. The summed E-state index contributed by atoms with van der Waals surface area (Å²) >= 11 is 3.48. The Morgan fingerprint density at radius 1 is 1.24 bits per heavy atom. The molecule has 1 aliphatic heterocycles. The summed E-state index contributed by atoms with van der Waals surface area (Å²) in [5, 5.41) is 12.7. The number of carbonyl (C=O) groups is 1. The van der Waals surface area contributed by atoms with Gasteiger partial charge in [0.1, 0.15) is 17.0 Å². The Morgan fingerprint density at radius 2 is 2.12 bits per heavy atom. The Hall–Kier alpha value is -2.69. The number of piperazine rings is 1. The van der Waals surface area contributed by atoms with Crippen molar-refractivity contribution in [3.8, 4) is 0 Å². The number of aryl methyl sites for hydroxylation is 1. The first-order valence-corrected chi connectivity index (χ1v) is 13.2. The van der Waals surface area contributed by atoms with Crippen LogP contribution in [0.15, 0.2) is 30.7 Å². The molecular weight excluding hydrogens is 454 g/mol. The molecule has 1 amide bonds. The van der Waals surface area contributed by atoms with E-state index in [1.807, 2.05) is 18.3 Å². The molecule has 3 aromatic heterocycles. The normalized spacial score (nSPS) is 19.2. The van der Waals surface area contributed by atoms with Crippen molar-refractivity contribution in [2.45, 2.75) is 19.3 Å². The first-order chi connectivity index (χ1) is 16.2. The fourth-order valence-electron chi connectivity index (χ4n) is 4.92. The van der Waals surface area contributed by atoms with Gasteiger partial charge in [-0.25, -0.2) is 14.3 Å². The molecule has 0 radical (unpaired) electrons. The molecule has 1 fully saturated rings. The fourth-order valence-corrected chi connectivity index (χ4v) is 6.72. The number of hydrogen-bond donors (Lipinski definition) is 2. The minimum atomic E-state index is 0.0688. The summed E-state index contributed by atoms with van der Waals surface area (Å²) in [6.45, 7) is 3.55. The van der Waals surface area contributed by atoms with Crippen LogP contribution in [0.25, 0.3) is 21.1 Å². The van der Waals surface area contributed by atoms with Gasteiger partial charge in [0.25, 0.3) is 0 Å². The smallest absolute Gasteiger partial charge is 0.226 e. The number of aromatic amines is 1. The number of carbonyl (C=O) groups excluding carboxylic acids is 1. The number of nitrogens with zero attached hydrogens (tertiary/aromatic N) is 5. The van der Waals surface area contributed by atoms with Crippen LogP contribution in [-0.4, -0.2) is 67.7 Å². The van der Waals surface area contributed by atoms with Gasteiger partial charge >= 0.3 is 0 Å². The number of nitrogens with one attached hydrogen (secondary N) is 2. The molecule has 1 aliphatic carbocycles. The zero-order valence-corrected chi connectivity index (χ0v) is 20.0. The number of aromatic nitrogens is 4. The lowest BCUT2D eigenvalue weighted by atomic mass is 9.86. The molecule has 4 aromatic rings. The Balaban J connectivity index is 1.24. The van der Waals surface area contributed by atoms with Crippen molar-refractivity contribution in [1.82, 2.24) is 29.4 Å². The van der Waals surface area contributed by atoms with Gasteiger partial charge in [-0.3, -0.25) is 9.89 Å². The average Bonchev–Trinajstić information content (AvgIpc) is 3.47. The summed E-state index contributed by atoms with van der Waals surface area (Å²) in [6.07, 6.45) is 8.12. The van der Waals surface area contributed by atoms with Crippen LogP contribution >= 0.6 is 23.3 Å². The predicted octanol–water partition coefficient (Wildman–Crippen LogP) is 3.84. The first-order valence-electron chi connectivity index (χ1n) is 11.2. The number of benzene rings is 1. The lowest BCUT2D eigenvalue weighted by molar-refractivity contribution is -0.137. The molecule has 1 unspecified atom stereocenters. The maximum Gasteiger partial charge on any atom is 0.226 e. The number of thiophene rings is 1. The molecule has 0 saturated carbocycles. The van der Waals surface area contributed by atoms with Crippen molar-refractivity contribution < 1.29 is 4.79 Å². The van der Waals surface area contributed by atoms with Crippen molar-refractivity contribution in [3.05, 3.63) is 41.2 Å². The quantitative estimate of drug-likeness (QED) is 0.430. The molecule has 1 saturated heterocycles. The van der Waals surface area contributed by atoms with Crippen LogP contribution in [0.3, 0.4) is 0 Å². The molecule has 2 N–H and O–H groups in total. The maximum absolute atomic E-state index is 13.2. The third kappa shape index (κ3) is 3.85. The predicted molar refractivity (Wildman–Crippen MR) is 134 cm³/mol. The Bertz CT molecular complexity index is 1330. The lowest BCUT2D eigenvalue weighted by Gasteiger charge is -2.36. The van der Waals surface area contributed by atoms with Gasteiger partial charge in [0.2, 0.25) is 5.91 Å². The van der Waals surface area contributed by atoms with Gasteiger partial charge in [-0.15, -0.1) is 11.3 Å². The molecular formula is C23H25N7OS2. The number of amides is 1. The van der Waals surface area contributed by atoms with E-state index in [4.69, 9.17) is 0 Å². The van der Waals surface area contributed by atoms with Crippen molar-refractivity contribution in [3.63, 3.8) is 0 Å². The first kappa shape index (κ1) is 20.9. The number of fused-ring (bicyclic) bond motifs is 4. The largest absolute Gasteiger partial charge is 0.340 e. The molecule has 0 spiro atoms. The topological polar surface area (TPSA) is 90.0 Å². The summed E-state index contributed by atoms with van der Waals surface area (Å²) in [6, 6.07) is 6.11. The van der Waals surface area contributed by atoms with Crippen LogP contribution in [0.5, 0.6) is 0 Å². The third-order valence-corrected chi connectivity index (χ3v) is 8.75. The standard InChI is InChI=1S/C23H25N7OS2/c1-32-30-8-6-29(7-9-30)23(31)14-2-4-17-19(11-14)33-22-20(17)21(24-13-25-22)27-16-3-5-18-15(10-16)12-26-28-18/h3,5,10,12-14H,2,4,6-9,11H2,1H3,(H,26,28)(H,24,25,27). The SMILES string of the molecule is CSN1CCN(C(=O)C2CCc3c(sc4ncnc(Nc5ccc6[nH]ncc6c5)c34)C2)CC1.